The van der Waals surface area contributed by atoms with Gasteiger partial charge in [-0.15, -0.1) is 11.3 Å². The summed E-state index contributed by atoms with van der Waals surface area (Å²) < 4.78 is 10.5. The smallest absolute Gasteiger partial charge is 0.305 e. The summed E-state index contributed by atoms with van der Waals surface area (Å²) in [5, 5.41) is 2.14. The van der Waals surface area contributed by atoms with Crippen LogP contribution >= 0.6 is 11.3 Å². The lowest BCUT2D eigenvalue weighted by atomic mass is 9.93. The number of methoxy groups -OCH3 is 1. The van der Waals surface area contributed by atoms with Gasteiger partial charge in [-0.25, -0.2) is 0 Å². The second-order valence-corrected chi connectivity index (χ2v) is 6.04. The Morgan fingerprint density at radius 3 is 2.86 bits per heavy atom. The first-order chi connectivity index (χ1) is 10.1. The molecule has 2 rings (SSSR count). The highest BCUT2D eigenvalue weighted by molar-refractivity contribution is 7.11. The molecule has 110 valence electrons. The molecule has 0 aliphatic heterocycles. The monoisotopic (exact) mass is 302 g/mol. The largest absolute Gasteiger partial charge is 0.489 e. The van der Waals surface area contributed by atoms with Crippen molar-refractivity contribution in [3.05, 3.63) is 45.6 Å². The van der Waals surface area contributed by atoms with Crippen molar-refractivity contribution < 1.29 is 14.3 Å². The number of benzene rings is 1. The fourth-order valence-electron chi connectivity index (χ4n) is 2.00. The van der Waals surface area contributed by atoms with E-state index < -0.39 is 0 Å². The van der Waals surface area contributed by atoms with E-state index in [0.717, 1.165) is 11.3 Å². The second kappa shape index (κ2) is 7.32. The van der Waals surface area contributed by atoms with Gasteiger partial charge >= 0.3 is 5.97 Å². The fourth-order valence-corrected chi connectivity index (χ4v) is 2.88. The van der Waals surface area contributed by atoms with Crippen molar-refractivity contribution in [3.63, 3.8) is 0 Å². The van der Waals surface area contributed by atoms with Crippen LogP contribution in [0.3, 0.4) is 0 Å². The Morgan fingerprint density at radius 2 is 2.19 bits per heavy atom. The standard InChI is InChI=1S/C16H19BO3S/c1-11-16(17)13(10-21-11)9-20-14-5-3-4-12(8-14)6-7-15(18)19-2/h3-5,8,10H,6-7,9,17H2,1-2H3. The molecule has 2 aromatic rings. The average molecular weight is 302 g/mol. The molecule has 0 unspecified atom stereocenters. The third kappa shape index (κ3) is 4.36. The minimum absolute atomic E-state index is 0.189. The number of carbonyl (C=O) groups is 1. The SMILES string of the molecule is Bc1c(COc2cccc(CCC(=O)OC)c2)csc1C. The molecule has 0 spiro atoms. The predicted octanol–water partition coefficient (Wildman–Crippen LogP) is 2.00. The van der Waals surface area contributed by atoms with Gasteiger partial charge in [0.1, 0.15) is 20.2 Å². The van der Waals surface area contributed by atoms with Crippen molar-refractivity contribution >= 4 is 30.6 Å². The first-order valence-corrected chi connectivity index (χ1v) is 7.80. The number of hydrogen-bond donors (Lipinski definition) is 0. The lowest BCUT2D eigenvalue weighted by molar-refractivity contribution is -0.140. The van der Waals surface area contributed by atoms with E-state index in [0.29, 0.717) is 19.4 Å². The van der Waals surface area contributed by atoms with Gasteiger partial charge in [0.15, 0.2) is 0 Å². The zero-order chi connectivity index (χ0) is 15.2. The third-order valence-corrected chi connectivity index (χ3v) is 4.59. The topological polar surface area (TPSA) is 35.5 Å². The molecule has 0 atom stereocenters. The molecule has 0 saturated heterocycles. The Kier molecular flexibility index (Phi) is 5.45. The molecule has 0 amide bonds. The van der Waals surface area contributed by atoms with E-state index in [1.807, 2.05) is 24.3 Å². The summed E-state index contributed by atoms with van der Waals surface area (Å²) in [6.07, 6.45) is 1.06. The van der Waals surface area contributed by atoms with Gasteiger partial charge in [-0.1, -0.05) is 17.6 Å². The lowest BCUT2D eigenvalue weighted by Gasteiger charge is -2.08. The number of ether oxygens (including phenoxy) is 2. The highest BCUT2D eigenvalue weighted by atomic mass is 32.1. The van der Waals surface area contributed by atoms with Gasteiger partial charge in [0, 0.05) is 6.42 Å². The zero-order valence-corrected chi connectivity index (χ0v) is 13.5. The van der Waals surface area contributed by atoms with E-state index >= 15 is 0 Å². The van der Waals surface area contributed by atoms with Crippen molar-refractivity contribution in [2.75, 3.05) is 7.11 Å². The number of carbonyl (C=O) groups excluding carboxylic acids is 1. The Morgan fingerprint density at radius 1 is 1.38 bits per heavy atom. The Hall–Kier alpha value is -1.75. The molecule has 0 radical (unpaired) electrons. The summed E-state index contributed by atoms with van der Waals surface area (Å²) >= 11 is 1.75. The van der Waals surface area contributed by atoms with Crippen LogP contribution in [0.2, 0.25) is 0 Å². The molecule has 3 nitrogen and oxygen atoms in total. The maximum absolute atomic E-state index is 11.2. The Bertz CT molecular complexity index is 622. The van der Waals surface area contributed by atoms with E-state index in [1.54, 1.807) is 11.3 Å². The highest BCUT2D eigenvalue weighted by Crippen LogP contribution is 2.17. The molecular formula is C16H19BO3S. The van der Waals surface area contributed by atoms with Crippen LogP contribution in [-0.2, 0) is 22.6 Å². The molecule has 0 saturated carbocycles. The highest BCUT2D eigenvalue weighted by Gasteiger charge is 2.06. The van der Waals surface area contributed by atoms with Crippen LogP contribution < -0.4 is 10.2 Å². The first-order valence-electron chi connectivity index (χ1n) is 6.92. The second-order valence-electron chi connectivity index (χ2n) is 4.95. The van der Waals surface area contributed by atoms with Crippen LogP contribution in [0.5, 0.6) is 5.75 Å². The van der Waals surface area contributed by atoms with Crippen LogP contribution in [0.1, 0.15) is 22.4 Å². The van der Waals surface area contributed by atoms with E-state index in [4.69, 9.17) is 4.74 Å². The average Bonchev–Trinajstić information content (AvgIpc) is 2.82. The summed E-state index contributed by atoms with van der Waals surface area (Å²) in [5.74, 6) is 0.645. The summed E-state index contributed by atoms with van der Waals surface area (Å²) in [4.78, 5) is 12.5. The van der Waals surface area contributed by atoms with E-state index in [-0.39, 0.29) is 5.97 Å². The molecular weight excluding hydrogens is 283 g/mol. The van der Waals surface area contributed by atoms with Gasteiger partial charge in [-0.2, -0.15) is 0 Å². The van der Waals surface area contributed by atoms with Gasteiger partial charge < -0.3 is 9.47 Å². The molecule has 5 heteroatoms. The van der Waals surface area contributed by atoms with E-state index in [1.165, 1.54) is 23.0 Å². The lowest BCUT2D eigenvalue weighted by Crippen LogP contribution is -2.11. The number of thiophene rings is 1. The molecule has 1 aromatic carbocycles. The van der Waals surface area contributed by atoms with Crippen LogP contribution in [0.25, 0.3) is 0 Å². The molecule has 0 bridgehead atoms. The van der Waals surface area contributed by atoms with Crippen molar-refractivity contribution in [3.8, 4) is 5.75 Å². The summed E-state index contributed by atoms with van der Waals surface area (Å²) in [6.45, 7) is 2.70. The quantitative estimate of drug-likeness (QED) is 0.605. The molecule has 1 aromatic heterocycles. The number of rotatable bonds is 6. The number of esters is 1. The Balaban J connectivity index is 1.94. The van der Waals surface area contributed by atoms with Crippen molar-refractivity contribution in [2.45, 2.75) is 26.4 Å². The van der Waals surface area contributed by atoms with Gasteiger partial charge in [0.2, 0.25) is 0 Å². The number of hydrogen-bond acceptors (Lipinski definition) is 4. The van der Waals surface area contributed by atoms with Crippen LogP contribution in [0, 0.1) is 6.92 Å². The summed E-state index contributed by atoms with van der Waals surface area (Å²) in [7, 11) is 3.53. The van der Waals surface area contributed by atoms with Crippen molar-refractivity contribution in [2.24, 2.45) is 0 Å². The van der Waals surface area contributed by atoms with Gasteiger partial charge in [0.25, 0.3) is 0 Å². The third-order valence-electron chi connectivity index (χ3n) is 3.53. The minimum atomic E-state index is -0.189. The first kappa shape index (κ1) is 15.6. The van der Waals surface area contributed by atoms with Gasteiger partial charge in [0.05, 0.1) is 7.11 Å². The van der Waals surface area contributed by atoms with E-state index in [9.17, 15) is 4.79 Å². The summed E-state index contributed by atoms with van der Waals surface area (Å²) in [6, 6.07) is 7.87. The Labute approximate surface area is 130 Å². The van der Waals surface area contributed by atoms with Crippen LogP contribution in [0.4, 0.5) is 0 Å². The fraction of sp³-hybridized carbons (Fsp3) is 0.312. The maximum atomic E-state index is 11.2. The summed E-state index contributed by atoms with van der Waals surface area (Å²) in [5.41, 5.74) is 3.62. The molecule has 1 heterocycles. The van der Waals surface area contributed by atoms with Crippen LogP contribution in [0.15, 0.2) is 29.6 Å². The van der Waals surface area contributed by atoms with Gasteiger partial charge in [-0.05, 0) is 46.9 Å². The van der Waals surface area contributed by atoms with Crippen LogP contribution in [-0.4, -0.2) is 20.9 Å². The normalized spacial score (nSPS) is 10.4. The van der Waals surface area contributed by atoms with Crippen molar-refractivity contribution in [1.29, 1.82) is 0 Å². The molecule has 0 fully saturated rings. The molecule has 21 heavy (non-hydrogen) atoms. The zero-order valence-electron chi connectivity index (χ0n) is 12.6. The van der Waals surface area contributed by atoms with Crippen molar-refractivity contribution in [1.82, 2.24) is 0 Å². The number of aryl methyl sites for hydroxylation is 2. The molecule has 0 aliphatic rings. The minimum Gasteiger partial charge on any atom is -0.489 e. The predicted molar refractivity (Wildman–Crippen MR) is 88.3 cm³/mol. The van der Waals surface area contributed by atoms with E-state index in [2.05, 4.69) is 24.9 Å². The van der Waals surface area contributed by atoms with Gasteiger partial charge in [-0.3, -0.25) is 4.79 Å². The molecule has 0 N–H and O–H groups in total. The molecule has 0 aliphatic carbocycles. The maximum Gasteiger partial charge on any atom is 0.305 e.